The summed E-state index contributed by atoms with van der Waals surface area (Å²) in [5, 5.41) is 9.55. The van der Waals surface area contributed by atoms with E-state index in [1.54, 1.807) is 31.3 Å². The lowest BCUT2D eigenvalue weighted by molar-refractivity contribution is -0.116. The maximum absolute atomic E-state index is 12.4. The van der Waals surface area contributed by atoms with Crippen molar-refractivity contribution in [2.45, 2.75) is 6.54 Å². The van der Waals surface area contributed by atoms with Crippen LogP contribution >= 0.6 is 0 Å². The number of benzene rings is 1. The van der Waals surface area contributed by atoms with E-state index >= 15 is 0 Å². The highest BCUT2D eigenvalue weighted by Crippen LogP contribution is 2.15. The number of fused-ring (bicyclic) bond motifs is 1. The largest absolute Gasteiger partial charge is 0.447 e. The van der Waals surface area contributed by atoms with Gasteiger partial charge in [0.1, 0.15) is 24.9 Å². The molecule has 11 nitrogen and oxygen atoms in total. The van der Waals surface area contributed by atoms with E-state index in [1.807, 2.05) is 0 Å². The Labute approximate surface area is 165 Å². The first-order valence-electron chi connectivity index (χ1n) is 8.67. The molecule has 0 aliphatic rings. The first kappa shape index (κ1) is 20.0. The molecule has 3 aromatic rings. The molecule has 0 saturated carbocycles. The molecule has 11 heteroatoms. The minimum atomic E-state index is -0.632. The van der Waals surface area contributed by atoms with Gasteiger partial charge in [-0.15, -0.1) is 0 Å². The van der Waals surface area contributed by atoms with Crippen molar-refractivity contribution in [3.8, 4) is 0 Å². The number of nitrogens with zero attached hydrogens (tertiary/aromatic N) is 4. The van der Waals surface area contributed by atoms with Crippen LogP contribution in [-0.4, -0.2) is 51.7 Å². The van der Waals surface area contributed by atoms with Gasteiger partial charge in [0.25, 0.3) is 5.56 Å². The van der Waals surface area contributed by atoms with Crippen LogP contribution in [0.25, 0.3) is 11.0 Å². The van der Waals surface area contributed by atoms with Crippen LogP contribution < -0.4 is 16.2 Å². The predicted molar refractivity (Wildman–Crippen MR) is 105 cm³/mol. The molecular formula is C18H20N6O5. The Balaban J connectivity index is 1.63. The summed E-state index contributed by atoms with van der Waals surface area (Å²) in [7, 11) is 3.19. The molecule has 2 N–H and O–H groups in total. The molecule has 0 radical (unpaired) electrons. The van der Waals surface area contributed by atoms with Crippen molar-refractivity contribution in [1.29, 1.82) is 0 Å². The second-order valence-electron chi connectivity index (χ2n) is 6.07. The quantitative estimate of drug-likeness (QED) is 0.565. The van der Waals surface area contributed by atoms with Crippen molar-refractivity contribution >= 4 is 34.4 Å². The van der Waals surface area contributed by atoms with Gasteiger partial charge in [0, 0.05) is 25.5 Å². The predicted octanol–water partition coefficient (Wildman–Crippen LogP) is 0.964. The molecule has 3 rings (SSSR count). The van der Waals surface area contributed by atoms with E-state index in [4.69, 9.17) is 9.47 Å². The van der Waals surface area contributed by atoms with E-state index in [2.05, 4.69) is 20.7 Å². The summed E-state index contributed by atoms with van der Waals surface area (Å²) in [4.78, 5) is 40.6. The van der Waals surface area contributed by atoms with Crippen molar-refractivity contribution in [3.63, 3.8) is 0 Å². The minimum Gasteiger partial charge on any atom is -0.447 e. The van der Waals surface area contributed by atoms with Crippen molar-refractivity contribution in [2.24, 2.45) is 7.05 Å². The fraction of sp³-hybridized carbons (Fsp3) is 0.278. The Kier molecular flexibility index (Phi) is 6.19. The monoisotopic (exact) mass is 400 g/mol. The lowest BCUT2D eigenvalue weighted by Crippen LogP contribution is -2.27. The number of rotatable bonds is 7. The van der Waals surface area contributed by atoms with Crippen LogP contribution in [0.1, 0.15) is 0 Å². The average molecular weight is 400 g/mol. The third-order valence-corrected chi connectivity index (χ3v) is 3.95. The zero-order valence-corrected chi connectivity index (χ0v) is 15.9. The van der Waals surface area contributed by atoms with Gasteiger partial charge in [-0.05, 0) is 18.2 Å². The van der Waals surface area contributed by atoms with Crippen LogP contribution in [0.5, 0.6) is 0 Å². The molecule has 1 aromatic carbocycles. The van der Waals surface area contributed by atoms with E-state index in [0.29, 0.717) is 29.0 Å². The normalized spacial score (nSPS) is 10.7. The first-order valence-corrected chi connectivity index (χ1v) is 8.67. The highest BCUT2D eigenvalue weighted by molar-refractivity contribution is 5.92. The topological polar surface area (TPSA) is 129 Å². The summed E-state index contributed by atoms with van der Waals surface area (Å²) in [6, 6.07) is 6.54. The number of ether oxygens (including phenoxy) is 2. The van der Waals surface area contributed by atoms with Gasteiger partial charge in [-0.3, -0.25) is 24.2 Å². The van der Waals surface area contributed by atoms with Gasteiger partial charge >= 0.3 is 6.09 Å². The Morgan fingerprint density at radius 2 is 1.93 bits per heavy atom. The van der Waals surface area contributed by atoms with Crippen molar-refractivity contribution in [2.75, 3.05) is 31.0 Å². The Morgan fingerprint density at radius 3 is 2.69 bits per heavy atom. The average Bonchev–Trinajstić information content (AvgIpc) is 3.06. The number of carbonyl (C=O) groups excluding carboxylic acids is 2. The zero-order chi connectivity index (χ0) is 20.8. The second-order valence-corrected chi connectivity index (χ2v) is 6.07. The molecule has 2 aromatic heterocycles. The highest BCUT2D eigenvalue weighted by Gasteiger charge is 2.11. The molecule has 0 aliphatic heterocycles. The van der Waals surface area contributed by atoms with Crippen molar-refractivity contribution < 1.29 is 19.1 Å². The van der Waals surface area contributed by atoms with E-state index < -0.39 is 12.0 Å². The molecule has 0 unspecified atom stereocenters. The molecule has 152 valence electrons. The molecule has 0 atom stereocenters. The maximum Gasteiger partial charge on any atom is 0.411 e. The van der Waals surface area contributed by atoms with E-state index in [0.717, 1.165) is 0 Å². The lowest BCUT2D eigenvalue weighted by atomic mass is 10.2. The lowest BCUT2D eigenvalue weighted by Gasteiger charge is -2.10. The zero-order valence-electron chi connectivity index (χ0n) is 15.9. The summed E-state index contributed by atoms with van der Waals surface area (Å²) in [5.41, 5.74) is 0.990. The molecule has 0 bridgehead atoms. The number of anilines is 2. The number of aromatic nitrogens is 4. The number of aryl methyl sites for hydroxylation is 1. The van der Waals surface area contributed by atoms with Crippen LogP contribution in [0.3, 0.4) is 0 Å². The molecule has 29 heavy (non-hydrogen) atoms. The van der Waals surface area contributed by atoms with Crippen LogP contribution in [0, 0.1) is 0 Å². The van der Waals surface area contributed by atoms with Gasteiger partial charge in [-0.1, -0.05) is 6.07 Å². The summed E-state index contributed by atoms with van der Waals surface area (Å²) < 4.78 is 12.4. The Bertz CT molecular complexity index is 1090. The molecule has 0 spiro atoms. The van der Waals surface area contributed by atoms with Crippen molar-refractivity contribution in [1.82, 2.24) is 19.3 Å². The fourth-order valence-corrected chi connectivity index (χ4v) is 2.58. The standard InChI is InChI=1S/C18H20N6O5/c1-23-16-14(9-20-23)17(26)24(11-19-16)10-15(25)21-12-4-3-5-13(8-12)22-18(27)29-7-6-28-2/h3-5,8-9,11H,6-7,10H2,1-2H3,(H,21,25)(H,22,27). The molecule has 0 saturated heterocycles. The number of carbonyl (C=O) groups is 2. The van der Waals surface area contributed by atoms with E-state index in [-0.39, 0.29) is 18.7 Å². The van der Waals surface area contributed by atoms with Gasteiger partial charge in [0.05, 0.1) is 12.8 Å². The van der Waals surface area contributed by atoms with Gasteiger partial charge in [0.2, 0.25) is 5.91 Å². The van der Waals surface area contributed by atoms with Gasteiger partial charge in [-0.25, -0.2) is 9.78 Å². The number of amides is 2. The smallest absolute Gasteiger partial charge is 0.411 e. The van der Waals surface area contributed by atoms with Crippen LogP contribution in [0.4, 0.5) is 16.2 Å². The summed E-state index contributed by atoms with van der Waals surface area (Å²) >= 11 is 0. The van der Waals surface area contributed by atoms with Crippen molar-refractivity contribution in [3.05, 3.63) is 47.1 Å². The number of nitrogens with one attached hydrogen (secondary N) is 2. The first-order chi connectivity index (χ1) is 14.0. The third-order valence-electron chi connectivity index (χ3n) is 3.95. The molecule has 0 fully saturated rings. The summed E-state index contributed by atoms with van der Waals surface area (Å²) in [5.74, 6) is -0.419. The number of methoxy groups -OCH3 is 1. The molecular weight excluding hydrogens is 380 g/mol. The Hall–Kier alpha value is -3.73. The summed E-state index contributed by atoms with van der Waals surface area (Å²) in [6.45, 7) is 0.207. The fourth-order valence-electron chi connectivity index (χ4n) is 2.58. The van der Waals surface area contributed by atoms with Crippen LogP contribution in [0.2, 0.25) is 0 Å². The SMILES string of the molecule is COCCOC(=O)Nc1cccc(NC(=O)Cn2cnc3c(cnn3C)c2=O)c1. The highest BCUT2D eigenvalue weighted by atomic mass is 16.6. The van der Waals surface area contributed by atoms with Crippen LogP contribution in [0.15, 0.2) is 41.6 Å². The van der Waals surface area contributed by atoms with Gasteiger partial charge in [0.15, 0.2) is 5.65 Å². The second kappa shape index (κ2) is 8.97. The molecule has 2 amide bonds. The third kappa shape index (κ3) is 4.96. The molecule has 2 heterocycles. The van der Waals surface area contributed by atoms with E-state index in [1.165, 1.54) is 28.9 Å². The van der Waals surface area contributed by atoms with Gasteiger partial charge in [-0.2, -0.15) is 5.10 Å². The minimum absolute atomic E-state index is 0.128. The summed E-state index contributed by atoms with van der Waals surface area (Å²) in [6.07, 6.45) is 2.09. The molecule has 0 aliphatic carbocycles. The van der Waals surface area contributed by atoms with Gasteiger partial charge < -0.3 is 14.8 Å². The van der Waals surface area contributed by atoms with Crippen LogP contribution in [-0.2, 0) is 27.9 Å². The van der Waals surface area contributed by atoms with E-state index in [9.17, 15) is 14.4 Å². The Morgan fingerprint density at radius 1 is 1.17 bits per heavy atom. The maximum atomic E-state index is 12.4. The number of hydrogen-bond acceptors (Lipinski definition) is 7. The number of hydrogen-bond donors (Lipinski definition) is 2.